The van der Waals surface area contributed by atoms with Gasteiger partial charge in [-0.25, -0.2) is 0 Å². The zero-order valence-electron chi connectivity index (χ0n) is 10.00. The monoisotopic (exact) mass is 253 g/mol. The van der Waals surface area contributed by atoms with E-state index in [0.717, 1.165) is 22.3 Å². The van der Waals surface area contributed by atoms with Gasteiger partial charge in [0, 0.05) is 23.7 Å². The van der Waals surface area contributed by atoms with Crippen LogP contribution in [0.2, 0.25) is 0 Å². The minimum Gasteiger partial charge on any atom is -0.481 e. The van der Waals surface area contributed by atoms with Crippen LogP contribution in [0.3, 0.4) is 0 Å². The molecule has 5 nitrogen and oxygen atoms in total. The molecule has 0 unspecified atom stereocenters. The number of aromatic amines is 1. The number of fused-ring (bicyclic) bond motifs is 1. The standard InChI is InChI=1S/C14H11N3O2/c18-14(19)7-10-6-9(3-5-15-10)12-8-13-11(17-12)2-1-4-16-13/h1-6,8,17H,7H2,(H,18,19). The van der Waals surface area contributed by atoms with Gasteiger partial charge in [0.25, 0.3) is 0 Å². The van der Waals surface area contributed by atoms with Crippen molar-refractivity contribution < 1.29 is 9.90 Å². The van der Waals surface area contributed by atoms with Crippen molar-refractivity contribution in [2.45, 2.75) is 6.42 Å². The average molecular weight is 253 g/mol. The number of hydrogen-bond acceptors (Lipinski definition) is 3. The van der Waals surface area contributed by atoms with E-state index in [1.165, 1.54) is 0 Å². The van der Waals surface area contributed by atoms with E-state index >= 15 is 0 Å². The highest BCUT2D eigenvalue weighted by Gasteiger charge is 2.07. The molecule has 0 saturated heterocycles. The highest BCUT2D eigenvalue weighted by molar-refractivity contribution is 5.82. The van der Waals surface area contributed by atoms with Gasteiger partial charge in [-0.1, -0.05) is 0 Å². The molecule has 5 heteroatoms. The molecule has 94 valence electrons. The normalized spacial score (nSPS) is 10.7. The predicted octanol–water partition coefficient (Wildman–Crippen LogP) is 2.25. The summed E-state index contributed by atoms with van der Waals surface area (Å²) in [6.45, 7) is 0. The lowest BCUT2D eigenvalue weighted by Gasteiger charge is -2.00. The van der Waals surface area contributed by atoms with E-state index in [4.69, 9.17) is 5.11 Å². The molecule has 3 aromatic heterocycles. The van der Waals surface area contributed by atoms with Crippen molar-refractivity contribution in [3.05, 3.63) is 48.4 Å². The zero-order chi connectivity index (χ0) is 13.2. The first-order chi connectivity index (χ1) is 9.22. The first-order valence-corrected chi connectivity index (χ1v) is 5.83. The quantitative estimate of drug-likeness (QED) is 0.750. The number of H-pyrrole nitrogens is 1. The van der Waals surface area contributed by atoms with Gasteiger partial charge >= 0.3 is 5.97 Å². The van der Waals surface area contributed by atoms with Crippen LogP contribution >= 0.6 is 0 Å². The number of pyridine rings is 2. The molecule has 0 aliphatic heterocycles. The summed E-state index contributed by atoms with van der Waals surface area (Å²) >= 11 is 0. The van der Waals surface area contributed by atoms with E-state index < -0.39 is 5.97 Å². The first-order valence-electron chi connectivity index (χ1n) is 5.83. The molecule has 0 fully saturated rings. The summed E-state index contributed by atoms with van der Waals surface area (Å²) in [5.41, 5.74) is 4.19. The Morgan fingerprint density at radius 3 is 2.89 bits per heavy atom. The van der Waals surface area contributed by atoms with Crippen molar-refractivity contribution in [3.63, 3.8) is 0 Å². The van der Waals surface area contributed by atoms with E-state index in [-0.39, 0.29) is 6.42 Å². The van der Waals surface area contributed by atoms with E-state index in [1.807, 2.05) is 24.3 Å². The lowest BCUT2D eigenvalue weighted by molar-refractivity contribution is -0.136. The number of nitrogens with one attached hydrogen (secondary N) is 1. The van der Waals surface area contributed by atoms with Crippen LogP contribution in [0.15, 0.2) is 42.7 Å². The third-order valence-electron chi connectivity index (χ3n) is 2.85. The molecule has 0 amide bonds. The van der Waals surface area contributed by atoms with Gasteiger partial charge in [-0.2, -0.15) is 0 Å². The topological polar surface area (TPSA) is 78.9 Å². The summed E-state index contributed by atoms with van der Waals surface area (Å²) in [4.78, 5) is 22.3. The van der Waals surface area contributed by atoms with Gasteiger partial charge in [-0.15, -0.1) is 0 Å². The Morgan fingerprint density at radius 1 is 1.21 bits per heavy atom. The Labute approximate surface area is 109 Å². The second-order valence-electron chi connectivity index (χ2n) is 4.23. The van der Waals surface area contributed by atoms with Gasteiger partial charge in [0.2, 0.25) is 0 Å². The van der Waals surface area contributed by atoms with Gasteiger partial charge in [0.15, 0.2) is 0 Å². The van der Waals surface area contributed by atoms with Crippen molar-refractivity contribution in [2.24, 2.45) is 0 Å². The fourth-order valence-corrected chi connectivity index (χ4v) is 2.01. The van der Waals surface area contributed by atoms with Crippen molar-refractivity contribution >= 4 is 17.0 Å². The fraction of sp³-hybridized carbons (Fsp3) is 0.0714. The Hall–Kier alpha value is -2.69. The second-order valence-corrected chi connectivity index (χ2v) is 4.23. The number of carboxylic acids is 1. The highest BCUT2D eigenvalue weighted by Crippen LogP contribution is 2.22. The minimum absolute atomic E-state index is 0.0771. The molecule has 0 radical (unpaired) electrons. The molecular weight excluding hydrogens is 242 g/mol. The van der Waals surface area contributed by atoms with E-state index in [9.17, 15) is 4.79 Å². The molecule has 0 aliphatic rings. The summed E-state index contributed by atoms with van der Waals surface area (Å²) in [5.74, 6) is -0.886. The van der Waals surface area contributed by atoms with E-state index in [1.54, 1.807) is 18.5 Å². The van der Waals surface area contributed by atoms with Crippen LogP contribution < -0.4 is 0 Å². The number of hydrogen-bond donors (Lipinski definition) is 2. The van der Waals surface area contributed by atoms with Crippen LogP contribution in [0.4, 0.5) is 0 Å². The smallest absolute Gasteiger partial charge is 0.309 e. The molecule has 3 aromatic rings. The SMILES string of the molecule is O=C(O)Cc1cc(-c2cc3ncccc3[nH]2)ccn1. The van der Waals surface area contributed by atoms with Crippen LogP contribution in [0.5, 0.6) is 0 Å². The molecule has 2 N–H and O–H groups in total. The molecule has 0 bridgehead atoms. The summed E-state index contributed by atoms with van der Waals surface area (Å²) in [7, 11) is 0. The molecule has 19 heavy (non-hydrogen) atoms. The zero-order valence-corrected chi connectivity index (χ0v) is 10.00. The van der Waals surface area contributed by atoms with Gasteiger partial charge in [-0.3, -0.25) is 14.8 Å². The maximum Gasteiger partial charge on any atom is 0.309 e. The van der Waals surface area contributed by atoms with Crippen LogP contribution in [0, 0.1) is 0 Å². The van der Waals surface area contributed by atoms with Crippen molar-refractivity contribution in [1.29, 1.82) is 0 Å². The number of nitrogens with zero attached hydrogens (tertiary/aromatic N) is 2. The number of aromatic nitrogens is 3. The van der Waals surface area contributed by atoms with Crippen molar-refractivity contribution in [2.75, 3.05) is 0 Å². The van der Waals surface area contributed by atoms with Crippen molar-refractivity contribution in [3.8, 4) is 11.3 Å². The van der Waals surface area contributed by atoms with Gasteiger partial charge in [-0.05, 0) is 30.3 Å². The molecule has 0 spiro atoms. The van der Waals surface area contributed by atoms with Gasteiger partial charge < -0.3 is 10.1 Å². The van der Waals surface area contributed by atoms with E-state index in [0.29, 0.717) is 5.69 Å². The third-order valence-corrected chi connectivity index (χ3v) is 2.85. The number of carboxylic acid groups (broad SMARTS) is 1. The van der Waals surface area contributed by atoms with Crippen LogP contribution in [0.1, 0.15) is 5.69 Å². The Morgan fingerprint density at radius 2 is 2.11 bits per heavy atom. The van der Waals surface area contributed by atoms with Gasteiger partial charge in [0.05, 0.1) is 23.1 Å². The fourth-order valence-electron chi connectivity index (χ4n) is 2.01. The molecule has 0 aromatic carbocycles. The highest BCUT2D eigenvalue weighted by atomic mass is 16.4. The molecule has 0 saturated carbocycles. The van der Waals surface area contributed by atoms with Crippen molar-refractivity contribution in [1.82, 2.24) is 15.0 Å². The first kappa shape index (κ1) is 11.4. The number of rotatable bonds is 3. The molecule has 3 rings (SSSR count). The lowest BCUT2D eigenvalue weighted by atomic mass is 10.1. The number of carbonyl (C=O) groups is 1. The summed E-state index contributed by atoms with van der Waals surface area (Å²) in [6, 6.07) is 9.38. The third kappa shape index (κ3) is 2.30. The summed E-state index contributed by atoms with van der Waals surface area (Å²) < 4.78 is 0. The summed E-state index contributed by atoms with van der Waals surface area (Å²) in [5, 5.41) is 8.78. The van der Waals surface area contributed by atoms with Crippen LogP contribution in [0.25, 0.3) is 22.3 Å². The van der Waals surface area contributed by atoms with E-state index in [2.05, 4.69) is 15.0 Å². The molecule has 3 heterocycles. The second kappa shape index (κ2) is 4.53. The van der Waals surface area contributed by atoms with Crippen LogP contribution in [-0.2, 0) is 11.2 Å². The average Bonchev–Trinajstić information content (AvgIpc) is 2.82. The largest absolute Gasteiger partial charge is 0.481 e. The molecule has 0 atom stereocenters. The summed E-state index contributed by atoms with van der Waals surface area (Å²) in [6.07, 6.45) is 3.28. The maximum absolute atomic E-state index is 10.7. The van der Waals surface area contributed by atoms with Crippen LogP contribution in [-0.4, -0.2) is 26.0 Å². The maximum atomic E-state index is 10.7. The number of aliphatic carboxylic acids is 1. The van der Waals surface area contributed by atoms with Gasteiger partial charge in [0.1, 0.15) is 0 Å². The Bertz CT molecular complexity index is 716. The molecule has 0 aliphatic carbocycles. The predicted molar refractivity (Wildman–Crippen MR) is 70.7 cm³/mol. The Kier molecular flexibility index (Phi) is 2.72. The Balaban J connectivity index is 2.03. The minimum atomic E-state index is -0.886. The molecular formula is C14H11N3O2. The lowest BCUT2D eigenvalue weighted by Crippen LogP contribution is -2.02.